The zero-order valence-electron chi connectivity index (χ0n) is 20.8. The van der Waals surface area contributed by atoms with E-state index in [2.05, 4.69) is 4.74 Å². The number of carbonyl (C=O) groups excluding carboxylic acids is 2. The molecule has 0 bridgehead atoms. The fraction of sp³-hybridized carbons (Fsp3) is 0.200. The molecule has 0 saturated heterocycles. The van der Waals surface area contributed by atoms with Gasteiger partial charge in [-0.25, -0.2) is 17.6 Å². The van der Waals surface area contributed by atoms with E-state index in [0.29, 0.717) is 17.0 Å². The number of hydrogen-bond acceptors (Lipinski definition) is 3. The van der Waals surface area contributed by atoms with Gasteiger partial charge in [0.25, 0.3) is 11.8 Å². The van der Waals surface area contributed by atoms with Gasteiger partial charge in [-0.3, -0.25) is 9.59 Å². The molecule has 0 radical (unpaired) electrons. The number of ether oxygens (including phenoxy) is 1. The minimum absolute atomic E-state index is 0.0312. The van der Waals surface area contributed by atoms with Crippen LogP contribution in [0.4, 0.5) is 64.1 Å². The summed E-state index contributed by atoms with van der Waals surface area (Å²) in [6.07, 6.45) is -13.2. The highest BCUT2D eigenvalue weighted by molar-refractivity contribution is 14.1. The third-order valence-corrected chi connectivity index (χ3v) is 6.59. The molecule has 0 unspecified atom stereocenters. The van der Waals surface area contributed by atoms with Crippen LogP contribution in [-0.2, 0) is 5.67 Å². The minimum Gasteiger partial charge on any atom is -0.433 e. The van der Waals surface area contributed by atoms with Crippen molar-refractivity contribution in [3.63, 3.8) is 0 Å². The maximum Gasteiger partial charge on any atom is 0.435 e. The van der Waals surface area contributed by atoms with Crippen LogP contribution in [0.15, 0.2) is 48.5 Å². The van der Waals surface area contributed by atoms with Gasteiger partial charge in [0.1, 0.15) is 0 Å². The first-order valence-corrected chi connectivity index (χ1v) is 12.2. The summed E-state index contributed by atoms with van der Waals surface area (Å²) < 4.78 is 165. The zero-order chi connectivity index (χ0) is 32.7. The van der Waals surface area contributed by atoms with Gasteiger partial charge in [0.05, 0.1) is 16.9 Å². The van der Waals surface area contributed by atoms with Crippen molar-refractivity contribution < 1.29 is 67.0 Å². The maximum absolute atomic E-state index is 15.3. The molecule has 5 nitrogen and oxygen atoms in total. The third-order valence-electron chi connectivity index (χ3n) is 5.74. The van der Waals surface area contributed by atoms with E-state index in [9.17, 15) is 57.9 Å². The molecule has 43 heavy (non-hydrogen) atoms. The second-order valence-electron chi connectivity index (χ2n) is 8.45. The summed E-state index contributed by atoms with van der Waals surface area (Å²) in [5.74, 6) is -8.24. The largest absolute Gasteiger partial charge is 0.435 e. The molecule has 0 spiro atoms. The fourth-order valence-electron chi connectivity index (χ4n) is 3.65. The molecule has 0 atom stereocenters. The molecule has 0 aliphatic carbocycles. The molecule has 0 aromatic heterocycles. The van der Waals surface area contributed by atoms with Crippen molar-refractivity contribution in [2.45, 2.75) is 24.6 Å². The summed E-state index contributed by atoms with van der Waals surface area (Å²) >= 11 is 1.01. The molecule has 232 valence electrons. The van der Waals surface area contributed by atoms with E-state index in [1.807, 2.05) is 5.32 Å². The van der Waals surface area contributed by atoms with Crippen molar-refractivity contribution in [1.82, 2.24) is 0 Å². The Morgan fingerprint density at radius 2 is 1.49 bits per heavy atom. The van der Waals surface area contributed by atoms with Crippen LogP contribution in [0.25, 0.3) is 0 Å². The molecule has 3 aromatic carbocycles. The second-order valence-corrected chi connectivity index (χ2v) is 9.61. The molecule has 18 heteroatoms. The molecular weight excluding hydrogens is 731 g/mol. The van der Waals surface area contributed by atoms with E-state index >= 15 is 4.39 Å². The minimum atomic E-state index is -6.60. The van der Waals surface area contributed by atoms with Gasteiger partial charge < -0.3 is 15.0 Å². The van der Waals surface area contributed by atoms with E-state index in [4.69, 9.17) is 0 Å². The summed E-state index contributed by atoms with van der Waals surface area (Å²) in [4.78, 5) is 26.2. The highest BCUT2D eigenvalue weighted by atomic mass is 127. The summed E-state index contributed by atoms with van der Waals surface area (Å²) in [6, 6.07) is 4.45. The van der Waals surface area contributed by atoms with E-state index in [1.54, 1.807) is 0 Å². The molecule has 0 aliphatic heterocycles. The first kappa shape index (κ1) is 33.8. The topological polar surface area (TPSA) is 58.6 Å². The summed E-state index contributed by atoms with van der Waals surface area (Å²) in [5, 5.41) is 1.81. The average molecular weight is 744 g/mol. The molecule has 0 aliphatic rings. The Kier molecular flexibility index (Phi) is 9.52. The van der Waals surface area contributed by atoms with Crippen LogP contribution in [0, 0.1) is 21.0 Å². The predicted octanol–water partition coefficient (Wildman–Crippen LogP) is 8.13. The van der Waals surface area contributed by atoms with Crippen LogP contribution in [0.3, 0.4) is 0 Å². The molecule has 1 N–H and O–H groups in total. The molecule has 0 heterocycles. The van der Waals surface area contributed by atoms with Crippen LogP contribution >= 0.6 is 22.6 Å². The number of nitrogens with zero attached hydrogens (tertiary/aromatic N) is 1. The first-order valence-electron chi connectivity index (χ1n) is 11.1. The van der Waals surface area contributed by atoms with Crippen molar-refractivity contribution in [1.29, 1.82) is 0 Å². The number of nitrogens with one attached hydrogen (secondary N) is 1. The lowest BCUT2D eigenvalue weighted by Crippen LogP contribution is -2.50. The monoisotopic (exact) mass is 744 g/mol. The Morgan fingerprint density at radius 3 is 2.02 bits per heavy atom. The van der Waals surface area contributed by atoms with Gasteiger partial charge in [0.15, 0.2) is 23.2 Å². The van der Waals surface area contributed by atoms with Gasteiger partial charge >= 0.3 is 24.6 Å². The van der Waals surface area contributed by atoms with E-state index in [-0.39, 0.29) is 12.1 Å². The van der Waals surface area contributed by atoms with E-state index in [0.717, 1.165) is 53.9 Å². The number of benzene rings is 3. The van der Waals surface area contributed by atoms with Crippen molar-refractivity contribution in [2.24, 2.45) is 0 Å². The number of amides is 2. The molecule has 0 saturated carbocycles. The highest BCUT2D eigenvalue weighted by Gasteiger charge is 2.73. The van der Waals surface area contributed by atoms with Crippen molar-refractivity contribution in [2.75, 3.05) is 17.3 Å². The number of carbonyl (C=O) groups is 2. The van der Waals surface area contributed by atoms with Gasteiger partial charge in [-0.1, -0.05) is 6.07 Å². The van der Waals surface area contributed by atoms with Crippen LogP contribution in [-0.4, -0.2) is 37.8 Å². The maximum atomic E-state index is 15.3. The Bertz CT molecular complexity index is 1550. The van der Waals surface area contributed by atoms with Crippen LogP contribution in [0.2, 0.25) is 0 Å². The van der Waals surface area contributed by atoms with Crippen LogP contribution in [0.1, 0.15) is 26.3 Å². The lowest BCUT2D eigenvalue weighted by Gasteiger charge is -2.31. The number of anilines is 2. The SMILES string of the molecule is CN(C(=O)c1ccc(F)c(F)c1)c1cccc(C(=O)Nc2c(I)cc(C(F)(C(F)(F)F)C(F)(F)F)cc2OC(F)F)c1F. The van der Waals surface area contributed by atoms with Crippen LogP contribution < -0.4 is 15.0 Å². The quantitative estimate of drug-likeness (QED) is 0.197. The third kappa shape index (κ3) is 6.62. The molecule has 2 amide bonds. The number of rotatable bonds is 7. The molecule has 0 fully saturated rings. The highest BCUT2D eigenvalue weighted by Crippen LogP contribution is 2.54. The Labute approximate surface area is 246 Å². The lowest BCUT2D eigenvalue weighted by atomic mass is 9.93. The normalized spacial score (nSPS) is 12.3. The second kappa shape index (κ2) is 12.1. The molecule has 3 aromatic rings. The van der Waals surface area contributed by atoms with E-state index in [1.165, 1.54) is 0 Å². The first-order chi connectivity index (χ1) is 19.7. The predicted molar refractivity (Wildman–Crippen MR) is 134 cm³/mol. The van der Waals surface area contributed by atoms with E-state index < -0.39 is 91.3 Å². The smallest absolute Gasteiger partial charge is 0.433 e. The average Bonchev–Trinajstić information content (AvgIpc) is 2.89. The summed E-state index contributed by atoms with van der Waals surface area (Å²) in [5.41, 5.74) is -11.2. The molecular formula is C25H13F12IN2O3. The number of hydrogen-bond donors (Lipinski definition) is 1. The lowest BCUT2D eigenvalue weighted by molar-refractivity contribution is -0.348. The summed E-state index contributed by atoms with van der Waals surface area (Å²) in [6.45, 7) is -3.89. The standard InChI is InChI=1S/C25H13F12IN2O3/c1-40(21(42)10-5-6-13(26)14(27)7-10)16-4-2-3-12(18(16)28)20(41)39-19-15(38)8-11(9-17(19)43-22(29)30)23(31,24(32,33)34)25(35,36)37/h2-9,22H,1H3,(H,39,41). The van der Waals surface area contributed by atoms with Gasteiger partial charge in [-0.15, -0.1) is 0 Å². The van der Waals surface area contributed by atoms with Crippen molar-refractivity contribution in [3.8, 4) is 5.75 Å². The van der Waals surface area contributed by atoms with Crippen LogP contribution in [0.5, 0.6) is 5.75 Å². The van der Waals surface area contributed by atoms with Crippen molar-refractivity contribution in [3.05, 3.63) is 86.2 Å². The summed E-state index contributed by atoms with van der Waals surface area (Å²) in [7, 11) is 0.991. The Hall–Kier alpha value is -3.71. The van der Waals surface area contributed by atoms with Gasteiger partial charge in [-0.2, -0.15) is 35.1 Å². The zero-order valence-corrected chi connectivity index (χ0v) is 22.9. The van der Waals surface area contributed by atoms with Gasteiger partial charge in [0.2, 0.25) is 0 Å². The Morgan fingerprint density at radius 1 is 0.884 bits per heavy atom. The van der Waals surface area contributed by atoms with Gasteiger partial charge in [-0.05, 0) is 65.1 Å². The van der Waals surface area contributed by atoms with Crippen molar-refractivity contribution >= 4 is 45.8 Å². The molecule has 3 rings (SSSR count). The Balaban J connectivity index is 2.05. The fourth-order valence-corrected chi connectivity index (χ4v) is 4.38. The number of halogens is 13. The van der Waals surface area contributed by atoms with Gasteiger partial charge in [0, 0.05) is 21.7 Å². The number of alkyl halides is 9.